The molecule has 2 aromatic heterocycles. The van der Waals surface area contributed by atoms with Gasteiger partial charge in [0.1, 0.15) is 54.3 Å². The van der Waals surface area contributed by atoms with E-state index in [1.165, 1.54) is 51.6 Å². The van der Waals surface area contributed by atoms with Crippen LogP contribution in [0.1, 0.15) is 175 Å². The molecule has 8 bridgehead atoms. The summed E-state index contributed by atoms with van der Waals surface area (Å²) in [6.45, 7) is 13.6. The molecule has 22 rings (SSSR count). The number of phenols is 2. The molecule has 112 heavy (non-hydrogen) atoms. The minimum Gasteiger partial charge on any atom is -0.504 e. The Hall–Kier alpha value is -9.18. The number of aromatic amines is 1. The monoisotopic (exact) mass is 1570 g/mol. The van der Waals surface area contributed by atoms with Crippen LogP contribution in [0.15, 0.2) is 52.9 Å². The third kappa shape index (κ3) is 9.70. The van der Waals surface area contributed by atoms with Gasteiger partial charge in [-0.2, -0.15) is 0 Å². The van der Waals surface area contributed by atoms with Gasteiger partial charge >= 0.3 is 23.9 Å². The van der Waals surface area contributed by atoms with Crippen LogP contribution in [0.25, 0.3) is 21.9 Å². The quantitative estimate of drug-likeness (QED) is 0.0528. The van der Waals surface area contributed by atoms with Gasteiger partial charge in [-0.05, 0) is 92.6 Å². The highest BCUT2D eigenvalue weighted by molar-refractivity contribution is 7.99. The van der Waals surface area contributed by atoms with Crippen molar-refractivity contribution in [2.75, 3.05) is 65.9 Å². The molecule has 18 atom stereocenters. The molecule has 4 saturated heterocycles. The number of nitrogens with zero attached hydrogens (tertiary/aromatic N) is 2. The zero-order chi connectivity index (χ0) is 77.6. The van der Waals surface area contributed by atoms with Crippen LogP contribution in [-0.4, -0.2) is 168 Å². The summed E-state index contributed by atoms with van der Waals surface area (Å²) in [4.78, 5) is 67.4. The number of nitrogens with one attached hydrogen (secondary N) is 5. The molecule has 11 N–H and O–H groups in total. The molecule has 6 aromatic carbocycles. The van der Waals surface area contributed by atoms with Gasteiger partial charge in [0, 0.05) is 140 Å². The number of benzene rings is 6. The van der Waals surface area contributed by atoms with E-state index >= 15 is 9.59 Å². The summed E-state index contributed by atoms with van der Waals surface area (Å²) < 4.78 is 78.3. The Morgan fingerprint density at radius 3 is 1.79 bits per heavy atom. The number of esters is 4. The minimum atomic E-state index is -1.71. The zero-order valence-electron chi connectivity index (χ0n) is 63.3. The number of aromatic nitrogens is 1. The maximum atomic E-state index is 16.3. The second-order valence-electron chi connectivity index (χ2n) is 31.8. The molecule has 3 unspecified atom stereocenters. The lowest BCUT2D eigenvalue weighted by molar-refractivity contribution is -0.166. The number of aliphatic hydroxyl groups is 2. The van der Waals surface area contributed by atoms with E-state index in [0.29, 0.717) is 137 Å². The maximum Gasteiger partial charge on any atom is 0.335 e. The van der Waals surface area contributed by atoms with Gasteiger partial charge in [-0.15, -0.1) is 23.5 Å². The predicted molar refractivity (Wildman–Crippen MR) is 407 cm³/mol. The van der Waals surface area contributed by atoms with E-state index in [-0.39, 0.29) is 84.4 Å². The fourth-order valence-corrected chi connectivity index (χ4v) is 24.8. The highest BCUT2D eigenvalue weighted by atomic mass is 32.2. The van der Waals surface area contributed by atoms with Crippen LogP contribution in [0, 0.1) is 27.7 Å². The molecule has 0 radical (unpaired) electrons. The molecule has 0 aliphatic carbocycles. The van der Waals surface area contributed by atoms with Crippen molar-refractivity contribution >= 4 is 69.3 Å². The topological polar surface area (TPSA) is 360 Å². The van der Waals surface area contributed by atoms with Crippen LogP contribution in [-0.2, 0) is 52.6 Å². The molecule has 586 valence electrons. The van der Waals surface area contributed by atoms with Crippen molar-refractivity contribution in [2.45, 2.75) is 175 Å². The average molecular weight is 1570 g/mol. The van der Waals surface area contributed by atoms with E-state index in [4.69, 9.17) is 62.3 Å². The van der Waals surface area contributed by atoms with Crippen LogP contribution >= 0.6 is 23.5 Å². The van der Waals surface area contributed by atoms with Crippen molar-refractivity contribution in [3.05, 3.63) is 143 Å². The first-order valence-corrected chi connectivity index (χ1v) is 40.2. The second-order valence-corrected chi connectivity index (χ2v) is 34.1. The number of carbonyl (C=O) groups is 4. The normalized spacial score (nSPS) is 31.4. The number of aryl methyl sites for hydroxylation is 2. The standard InChI is InChI=1S/C82H86N8O20S2/c1-29-19-41-31(3)56-76(95)89-46-24-102-79(97)81(26-111-72(60(89)58(86-56)50(41)62(93)64(29)100-10)54-52(46)70-68(104-28-105-70)33(5)66(54)106-35(7)91)74-44(21-37(23-83)88-81)49-40(13-12-14-45(49)85-74)78-109-69-34(6)67(107-36(8)92)55-53(71(69)110-78)47-25-103-80(98)82(75-39(17-18-84-82)43-22-38(99-9)15-16-48(43)108-75)27-112-73(55)61-59-51-42(20-30(2)65(101-11)63(51)94)32(4)57(87-59)77(96)90(47)61/h12-16,19-20,22,31-32,37,46-47,56-61,72-73,76-78,84-88,93-96H,17-18,21,23-28,83H2,1-11H3/t31?,32?,37-,46-,47-,56-,57-,58+,59+,60+,61+,72+,73+,76-,77-,78?,81+,82+/m0/s1. The molecular formula is C82H86N8O20S2. The Balaban J connectivity index is 0.741. The Labute approximate surface area is 651 Å². The highest BCUT2D eigenvalue weighted by Crippen LogP contribution is 2.68. The minimum absolute atomic E-state index is 0.000193. The van der Waals surface area contributed by atoms with Crippen LogP contribution in [0.5, 0.6) is 63.2 Å². The number of H-pyrrole nitrogens is 1. The Kier molecular flexibility index (Phi) is 16.5. The largest absolute Gasteiger partial charge is 0.504 e. The first-order chi connectivity index (χ1) is 53.9. The van der Waals surface area contributed by atoms with Gasteiger partial charge < -0.3 is 98.3 Å². The number of fused-ring (bicyclic) bond motifs is 22. The molecule has 14 aliphatic heterocycles. The number of hydrogen-bond donors (Lipinski definition) is 10. The maximum absolute atomic E-state index is 16.3. The molecule has 28 nitrogen and oxygen atoms in total. The van der Waals surface area contributed by atoms with Crippen LogP contribution in [0.2, 0.25) is 0 Å². The first kappa shape index (κ1) is 71.8. The molecule has 0 saturated carbocycles. The molecule has 16 heterocycles. The molecule has 14 aliphatic rings. The van der Waals surface area contributed by atoms with Crippen LogP contribution in [0.3, 0.4) is 0 Å². The Morgan fingerprint density at radius 1 is 0.652 bits per heavy atom. The summed E-state index contributed by atoms with van der Waals surface area (Å²) in [5.74, 6) is -0.0586. The van der Waals surface area contributed by atoms with Gasteiger partial charge in [0.2, 0.25) is 6.79 Å². The van der Waals surface area contributed by atoms with E-state index in [1.807, 2.05) is 99.9 Å². The number of phenolic OH excluding ortho intramolecular Hbond substituents is 2. The lowest BCUT2D eigenvalue weighted by atomic mass is 9.71. The number of rotatable bonds is 7. The number of ether oxygens (including phenoxy) is 11. The SMILES string of the molecule is COc1ccc2oc3c(c2c1)CCN[C@]31CS[C@@H]2c3c(OC(C)=O)c(C)c4c(c3[C@H](COC1=O)N1[C@@H]2[C@@H]2N[C@@H](C(C)c3cc(C)c(OC)c(O)c32)[C@@H]1O)OC(c1cccc2[nH]c3c(c12)C[C@@H](CN)N[C@]31CS[C@@H]2c3c(OC(C)=O)c(C)c5c(c3[C@H](COC1=O)N1[C@@H]2[C@@H]2N[C@@H](C(C)c3cc(C)c(OC)c(O)c32)[C@@H]1O)OCO5)O4. The summed E-state index contributed by atoms with van der Waals surface area (Å²) in [5.41, 5.74) is 14.6. The van der Waals surface area contributed by atoms with Gasteiger partial charge in [0.15, 0.2) is 57.1 Å². The first-order valence-electron chi connectivity index (χ1n) is 38.1. The van der Waals surface area contributed by atoms with E-state index in [2.05, 4.69) is 26.3 Å². The predicted octanol–water partition coefficient (Wildman–Crippen LogP) is 8.45. The number of methoxy groups -OCH3 is 3. The van der Waals surface area contributed by atoms with Crippen molar-refractivity contribution in [3.8, 4) is 63.2 Å². The average Bonchev–Trinajstić information content (AvgIpc) is 0.806. The number of aliphatic hydroxyl groups excluding tert-OH is 2. The number of aromatic hydroxyl groups is 2. The fraction of sp³-hybridized carbons (Fsp3) is 0.463. The number of thioether (sulfide) groups is 2. The van der Waals surface area contributed by atoms with Crippen LogP contribution in [0.4, 0.5) is 0 Å². The molecule has 8 aromatic rings. The number of furan rings is 1. The summed E-state index contributed by atoms with van der Waals surface area (Å²) in [6.07, 6.45) is -2.91. The highest BCUT2D eigenvalue weighted by Gasteiger charge is 2.65. The Morgan fingerprint density at radius 2 is 1.21 bits per heavy atom. The lowest BCUT2D eigenvalue weighted by Gasteiger charge is -2.60. The van der Waals surface area contributed by atoms with Crippen molar-refractivity contribution in [1.29, 1.82) is 0 Å². The lowest BCUT2D eigenvalue weighted by Crippen LogP contribution is -2.70. The summed E-state index contributed by atoms with van der Waals surface area (Å²) in [5, 5.41) is 66.6. The van der Waals surface area contributed by atoms with E-state index in [0.717, 1.165) is 27.6 Å². The summed E-state index contributed by atoms with van der Waals surface area (Å²) >= 11 is 2.80. The van der Waals surface area contributed by atoms with E-state index < -0.39 is 119 Å². The fourth-order valence-electron chi connectivity index (χ4n) is 21.4. The molecule has 0 amide bonds. The molecular weight excluding hydrogens is 1480 g/mol. The zero-order valence-corrected chi connectivity index (χ0v) is 65.0. The molecule has 4 fully saturated rings. The third-order valence-corrected chi connectivity index (χ3v) is 29.1. The third-order valence-electron chi connectivity index (χ3n) is 26.2. The number of piperazine rings is 2. The second kappa shape index (κ2) is 25.7. The van der Waals surface area contributed by atoms with Crippen molar-refractivity contribution < 1.29 is 96.1 Å². The van der Waals surface area contributed by atoms with Crippen molar-refractivity contribution in [1.82, 2.24) is 36.1 Å². The van der Waals surface area contributed by atoms with Crippen LogP contribution < -0.4 is 69.6 Å². The van der Waals surface area contributed by atoms with Gasteiger partial charge in [-0.25, -0.2) is 9.59 Å². The smallest absolute Gasteiger partial charge is 0.335 e. The van der Waals surface area contributed by atoms with E-state index in [1.54, 1.807) is 7.11 Å². The summed E-state index contributed by atoms with van der Waals surface area (Å²) in [7, 11) is 4.63. The van der Waals surface area contributed by atoms with Gasteiger partial charge in [0.05, 0.1) is 73.8 Å². The number of hydrogen-bond acceptors (Lipinski definition) is 29. The van der Waals surface area contributed by atoms with Gasteiger partial charge in [0.25, 0.3) is 6.29 Å². The molecule has 30 heteroatoms. The van der Waals surface area contributed by atoms with Crippen molar-refractivity contribution in [2.24, 2.45) is 5.73 Å². The number of carbonyl (C=O) groups excluding carboxylic acids is 4. The van der Waals surface area contributed by atoms with E-state index in [9.17, 15) is 30.0 Å². The Bertz CT molecular complexity index is 5460. The van der Waals surface area contributed by atoms with Crippen molar-refractivity contribution in [3.63, 3.8) is 0 Å². The summed E-state index contributed by atoms with van der Waals surface area (Å²) in [6, 6.07) is 8.46. The number of nitrogens with two attached hydrogens (primary N) is 1. The molecule has 2 spiro atoms. The van der Waals surface area contributed by atoms with Gasteiger partial charge in [-0.1, -0.05) is 38.1 Å². The van der Waals surface area contributed by atoms with Gasteiger partial charge in [-0.3, -0.25) is 30.0 Å².